The molecule has 3 aromatic carbocycles. The lowest BCUT2D eigenvalue weighted by atomic mass is 10.1. The highest BCUT2D eigenvalue weighted by atomic mass is 16.1. The number of anilines is 1. The molecule has 0 unspecified atom stereocenters. The Morgan fingerprint density at radius 1 is 0.964 bits per heavy atom. The van der Waals surface area contributed by atoms with E-state index in [1.165, 1.54) is 0 Å². The summed E-state index contributed by atoms with van der Waals surface area (Å²) < 4.78 is 2.14. The summed E-state index contributed by atoms with van der Waals surface area (Å²) in [5.41, 5.74) is 5.86. The smallest absolute Gasteiger partial charge is 0.255 e. The van der Waals surface area contributed by atoms with E-state index in [1.54, 1.807) is 0 Å². The van der Waals surface area contributed by atoms with Crippen molar-refractivity contribution in [3.8, 4) is 0 Å². The zero-order chi connectivity index (χ0) is 19.5. The van der Waals surface area contributed by atoms with E-state index in [-0.39, 0.29) is 5.91 Å². The fourth-order valence-electron chi connectivity index (χ4n) is 3.51. The van der Waals surface area contributed by atoms with Crippen molar-refractivity contribution in [2.24, 2.45) is 7.05 Å². The van der Waals surface area contributed by atoms with Gasteiger partial charge in [0.1, 0.15) is 5.82 Å². The second-order valence-corrected chi connectivity index (χ2v) is 7.06. The Hall–Kier alpha value is -3.40. The van der Waals surface area contributed by atoms with Gasteiger partial charge < -0.3 is 9.88 Å². The molecular formula is C24H23N3O. The molecule has 1 aromatic heterocycles. The number of rotatable bonds is 5. The third-order valence-corrected chi connectivity index (χ3v) is 5.04. The van der Waals surface area contributed by atoms with Crippen molar-refractivity contribution in [2.75, 3.05) is 5.32 Å². The molecule has 4 nitrogen and oxygen atoms in total. The average Bonchev–Trinajstić information content (AvgIpc) is 3.03. The number of imidazole rings is 1. The standard InChI is InChI=1S/C24H23N3O/c1-17-8-7-10-19(16-17)24(28)26-20-11-4-3-9-18(20)14-15-23-25-21-12-5-6-13-22(21)27(23)2/h3-13,16H,14-15H2,1-2H3,(H,26,28). The SMILES string of the molecule is Cc1cccc(C(=O)Nc2ccccc2CCc2nc3ccccc3n2C)c1. The van der Waals surface area contributed by atoms with Crippen LogP contribution >= 0.6 is 0 Å². The van der Waals surface area contributed by atoms with Gasteiger partial charge in [0.2, 0.25) is 0 Å². The van der Waals surface area contributed by atoms with Gasteiger partial charge in [-0.25, -0.2) is 4.98 Å². The number of carbonyl (C=O) groups excluding carboxylic acids is 1. The Labute approximate surface area is 164 Å². The number of nitrogens with one attached hydrogen (secondary N) is 1. The quantitative estimate of drug-likeness (QED) is 0.543. The summed E-state index contributed by atoms with van der Waals surface area (Å²) in [6, 6.07) is 23.8. The Balaban J connectivity index is 1.53. The molecule has 0 fully saturated rings. The van der Waals surface area contributed by atoms with E-state index in [2.05, 4.69) is 29.1 Å². The number of nitrogens with zero attached hydrogens (tertiary/aromatic N) is 2. The molecule has 0 saturated carbocycles. The van der Waals surface area contributed by atoms with Crippen LogP contribution in [0.3, 0.4) is 0 Å². The van der Waals surface area contributed by atoms with Crippen LogP contribution in [-0.4, -0.2) is 15.5 Å². The van der Waals surface area contributed by atoms with Crippen molar-refractivity contribution in [2.45, 2.75) is 19.8 Å². The first-order valence-corrected chi connectivity index (χ1v) is 9.48. The normalized spacial score (nSPS) is 10.9. The molecule has 0 aliphatic rings. The van der Waals surface area contributed by atoms with Crippen LogP contribution in [0.2, 0.25) is 0 Å². The van der Waals surface area contributed by atoms with Gasteiger partial charge >= 0.3 is 0 Å². The number of carbonyl (C=O) groups is 1. The maximum atomic E-state index is 12.6. The third-order valence-electron chi connectivity index (χ3n) is 5.04. The molecular weight excluding hydrogens is 346 g/mol. The monoisotopic (exact) mass is 369 g/mol. The first-order chi connectivity index (χ1) is 13.6. The van der Waals surface area contributed by atoms with Crippen LogP contribution in [0, 0.1) is 6.92 Å². The van der Waals surface area contributed by atoms with E-state index in [0.717, 1.165) is 46.5 Å². The lowest BCUT2D eigenvalue weighted by molar-refractivity contribution is 0.102. The summed E-state index contributed by atoms with van der Waals surface area (Å²) >= 11 is 0. The van der Waals surface area contributed by atoms with Crippen LogP contribution in [0.5, 0.6) is 0 Å². The minimum absolute atomic E-state index is 0.0844. The summed E-state index contributed by atoms with van der Waals surface area (Å²) in [6.45, 7) is 1.99. The van der Waals surface area contributed by atoms with E-state index < -0.39 is 0 Å². The number of para-hydroxylation sites is 3. The molecule has 1 heterocycles. The van der Waals surface area contributed by atoms with Crippen LogP contribution in [-0.2, 0) is 19.9 Å². The largest absolute Gasteiger partial charge is 0.331 e. The minimum Gasteiger partial charge on any atom is -0.331 e. The molecule has 0 aliphatic carbocycles. The predicted molar refractivity (Wildman–Crippen MR) is 114 cm³/mol. The summed E-state index contributed by atoms with van der Waals surface area (Å²) in [6.07, 6.45) is 1.62. The molecule has 1 N–H and O–H groups in total. The second kappa shape index (κ2) is 7.69. The van der Waals surface area contributed by atoms with Gasteiger partial charge in [-0.15, -0.1) is 0 Å². The van der Waals surface area contributed by atoms with Crippen LogP contribution < -0.4 is 5.32 Å². The number of benzene rings is 3. The molecule has 4 aromatic rings. The van der Waals surface area contributed by atoms with Crippen molar-refractivity contribution in [3.05, 3.63) is 95.3 Å². The molecule has 0 aliphatic heterocycles. The topological polar surface area (TPSA) is 46.9 Å². The van der Waals surface area contributed by atoms with Gasteiger partial charge in [0.25, 0.3) is 5.91 Å². The van der Waals surface area contributed by atoms with Crippen LogP contribution in [0.1, 0.15) is 27.3 Å². The number of aromatic nitrogens is 2. The lowest BCUT2D eigenvalue weighted by Crippen LogP contribution is -2.13. The molecule has 0 radical (unpaired) electrons. The van der Waals surface area contributed by atoms with Gasteiger partial charge in [-0.1, -0.05) is 48.0 Å². The Bertz CT molecular complexity index is 1140. The minimum atomic E-state index is -0.0844. The highest BCUT2D eigenvalue weighted by molar-refractivity contribution is 6.04. The first-order valence-electron chi connectivity index (χ1n) is 9.48. The number of aryl methyl sites for hydroxylation is 4. The van der Waals surface area contributed by atoms with E-state index in [4.69, 9.17) is 4.98 Å². The maximum Gasteiger partial charge on any atom is 0.255 e. The van der Waals surface area contributed by atoms with Crippen molar-refractivity contribution in [1.82, 2.24) is 9.55 Å². The van der Waals surface area contributed by atoms with Crippen LogP contribution in [0.4, 0.5) is 5.69 Å². The average molecular weight is 369 g/mol. The molecule has 28 heavy (non-hydrogen) atoms. The maximum absolute atomic E-state index is 12.6. The molecule has 0 atom stereocenters. The molecule has 140 valence electrons. The second-order valence-electron chi connectivity index (χ2n) is 7.06. The number of hydrogen-bond acceptors (Lipinski definition) is 2. The van der Waals surface area contributed by atoms with Crippen molar-refractivity contribution in [1.29, 1.82) is 0 Å². The zero-order valence-electron chi connectivity index (χ0n) is 16.1. The van der Waals surface area contributed by atoms with Gasteiger partial charge in [-0.2, -0.15) is 0 Å². The Kier molecular flexibility index (Phi) is 4.94. The highest BCUT2D eigenvalue weighted by Crippen LogP contribution is 2.20. The Morgan fingerprint density at radius 2 is 1.75 bits per heavy atom. The molecule has 4 heteroatoms. The number of hydrogen-bond donors (Lipinski definition) is 1. The third kappa shape index (κ3) is 3.67. The van der Waals surface area contributed by atoms with Gasteiger partial charge in [0.15, 0.2) is 0 Å². The van der Waals surface area contributed by atoms with Crippen LogP contribution in [0.25, 0.3) is 11.0 Å². The van der Waals surface area contributed by atoms with E-state index in [0.29, 0.717) is 5.56 Å². The van der Waals surface area contributed by atoms with Crippen LogP contribution in [0.15, 0.2) is 72.8 Å². The fourth-order valence-corrected chi connectivity index (χ4v) is 3.51. The van der Waals surface area contributed by atoms with E-state index >= 15 is 0 Å². The number of fused-ring (bicyclic) bond motifs is 1. The lowest BCUT2D eigenvalue weighted by Gasteiger charge is -2.11. The Morgan fingerprint density at radius 3 is 2.57 bits per heavy atom. The summed E-state index contributed by atoms with van der Waals surface area (Å²) in [4.78, 5) is 17.4. The molecule has 1 amide bonds. The fraction of sp³-hybridized carbons (Fsp3) is 0.167. The summed E-state index contributed by atoms with van der Waals surface area (Å²) in [5, 5.41) is 3.07. The molecule has 0 bridgehead atoms. The van der Waals surface area contributed by atoms with Gasteiger partial charge in [-0.05, 0) is 49.2 Å². The summed E-state index contributed by atoms with van der Waals surface area (Å²) in [7, 11) is 2.05. The first kappa shape index (κ1) is 18.0. The summed E-state index contributed by atoms with van der Waals surface area (Å²) in [5.74, 6) is 0.958. The van der Waals surface area contributed by atoms with Crippen molar-refractivity contribution < 1.29 is 4.79 Å². The predicted octanol–water partition coefficient (Wildman–Crippen LogP) is 4.92. The van der Waals surface area contributed by atoms with E-state index in [9.17, 15) is 4.79 Å². The van der Waals surface area contributed by atoms with Gasteiger partial charge in [-0.3, -0.25) is 4.79 Å². The molecule has 0 saturated heterocycles. The van der Waals surface area contributed by atoms with E-state index in [1.807, 2.05) is 67.6 Å². The molecule has 4 rings (SSSR count). The molecule has 0 spiro atoms. The van der Waals surface area contributed by atoms with Crippen molar-refractivity contribution in [3.63, 3.8) is 0 Å². The zero-order valence-corrected chi connectivity index (χ0v) is 16.1. The highest BCUT2D eigenvalue weighted by Gasteiger charge is 2.11. The van der Waals surface area contributed by atoms with Gasteiger partial charge in [0, 0.05) is 24.7 Å². The van der Waals surface area contributed by atoms with Crippen molar-refractivity contribution >= 4 is 22.6 Å². The van der Waals surface area contributed by atoms with Gasteiger partial charge in [0.05, 0.1) is 11.0 Å². The number of amides is 1.